The first-order valence-corrected chi connectivity index (χ1v) is 7.66. The predicted octanol–water partition coefficient (Wildman–Crippen LogP) is 4.30. The molecule has 0 aromatic heterocycles. The van der Waals surface area contributed by atoms with Crippen molar-refractivity contribution in [1.82, 2.24) is 0 Å². The van der Waals surface area contributed by atoms with E-state index in [4.69, 9.17) is 4.74 Å². The lowest BCUT2D eigenvalue weighted by Crippen LogP contribution is -2.12. The summed E-state index contributed by atoms with van der Waals surface area (Å²) in [5.74, 6) is 0.908. The predicted molar refractivity (Wildman–Crippen MR) is 84.7 cm³/mol. The number of benzene rings is 1. The molecule has 0 aliphatic rings. The number of ether oxygens (including phenoxy) is 1. The Hall–Kier alpha value is -1.71. The summed E-state index contributed by atoms with van der Waals surface area (Å²) in [4.78, 5) is 22.7. The van der Waals surface area contributed by atoms with E-state index in [0.717, 1.165) is 37.0 Å². The van der Waals surface area contributed by atoms with Crippen molar-refractivity contribution in [3.8, 4) is 5.75 Å². The van der Waals surface area contributed by atoms with Crippen LogP contribution in [0.5, 0.6) is 5.75 Å². The summed E-state index contributed by atoms with van der Waals surface area (Å²) in [5.41, 5.74) is 1.07. The van der Waals surface area contributed by atoms with Crippen molar-refractivity contribution >= 4 is 5.78 Å². The maximum Gasteiger partial charge on any atom is 0.135 e. The van der Waals surface area contributed by atoms with Gasteiger partial charge in [0.05, 0.1) is 13.2 Å². The van der Waals surface area contributed by atoms with Gasteiger partial charge in [0.25, 0.3) is 0 Å². The van der Waals surface area contributed by atoms with E-state index in [2.05, 4.69) is 12.1 Å². The van der Waals surface area contributed by atoms with E-state index in [1.807, 2.05) is 24.3 Å². The first-order chi connectivity index (χ1) is 10.2. The number of nitrogens with zero attached hydrogens (tertiary/aromatic N) is 1. The Kier molecular flexibility index (Phi) is 8.32. The second kappa shape index (κ2) is 10.1. The third-order valence-electron chi connectivity index (χ3n) is 3.58. The molecule has 1 rings (SSSR count). The second-order valence-electron chi connectivity index (χ2n) is 5.35. The SMILES string of the molecule is CCCCC[C@@H](CC(=O)CCc1cccc(OC)c1)N=O. The zero-order chi connectivity index (χ0) is 15.5. The number of carbonyl (C=O) groups excluding carboxylic acids is 1. The molecule has 0 N–H and O–H groups in total. The molecule has 1 atom stereocenters. The number of ketones is 1. The Bertz CT molecular complexity index is 445. The van der Waals surface area contributed by atoms with Crippen LogP contribution >= 0.6 is 0 Å². The average molecular weight is 291 g/mol. The van der Waals surface area contributed by atoms with Crippen LogP contribution < -0.4 is 4.74 Å². The van der Waals surface area contributed by atoms with Gasteiger partial charge in [0, 0.05) is 12.8 Å². The molecule has 0 amide bonds. The van der Waals surface area contributed by atoms with Gasteiger partial charge in [-0.05, 0) is 30.5 Å². The van der Waals surface area contributed by atoms with Crippen LogP contribution in [0.3, 0.4) is 0 Å². The summed E-state index contributed by atoms with van der Waals surface area (Å²) >= 11 is 0. The number of unbranched alkanes of at least 4 members (excludes halogenated alkanes) is 2. The lowest BCUT2D eigenvalue weighted by Gasteiger charge is -2.08. The molecule has 0 heterocycles. The van der Waals surface area contributed by atoms with E-state index in [9.17, 15) is 9.70 Å². The largest absolute Gasteiger partial charge is 0.497 e. The topological polar surface area (TPSA) is 55.7 Å². The van der Waals surface area contributed by atoms with E-state index in [1.54, 1.807) is 7.11 Å². The molecule has 4 nitrogen and oxygen atoms in total. The third-order valence-corrected chi connectivity index (χ3v) is 3.58. The first-order valence-electron chi connectivity index (χ1n) is 7.66. The Labute approximate surface area is 126 Å². The number of carbonyl (C=O) groups is 1. The van der Waals surface area contributed by atoms with Gasteiger partial charge in [-0.3, -0.25) is 4.79 Å². The van der Waals surface area contributed by atoms with Gasteiger partial charge in [0.2, 0.25) is 0 Å². The number of methoxy groups -OCH3 is 1. The highest BCUT2D eigenvalue weighted by atomic mass is 16.5. The van der Waals surface area contributed by atoms with Gasteiger partial charge in [-0.15, -0.1) is 0 Å². The normalized spacial score (nSPS) is 11.9. The van der Waals surface area contributed by atoms with Crippen molar-refractivity contribution in [3.63, 3.8) is 0 Å². The Morgan fingerprint density at radius 2 is 2.14 bits per heavy atom. The molecular weight excluding hydrogens is 266 g/mol. The minimum atomic E-state index is -0.352. The number of hydrogen-bond acceptors (Lipinski definition) is 4. The summed E-state index contributed by atoms with van der Waals surface area (Å²) in [7, 11) is 1.63. The van der Waals surface area contributed by atoms with E-state index < -0.39 is 0 Å². The quantitative estimate of drug-likeness (QED) is 0.451. The number of aryl methyl sites for hydroxylation is 1. The number of rotatable bonds is 11. The molecule has 116 valence electrons. The van der Waals surface area contributed by atoms with Crippen molar-refractivity contribution in [2.45, 2.75) is 57.9 Å². The van der Waals surface area contributed by atoms with Crippen LogP contribution in [-0.4, -0.2) is 18.9 Å². The molecule has 1 aromatic carbocycles. The second-order valence-corrected chi connectivity index (χ2v) is 5.35. The van der Waals surface area contributed by atoms with Gasteiger partial charge in [-0.1, -0.05) is 43.5 Å². The molecule has 0 unspecified atom stereocenters. The highest BCUT2D eigenvalue weighted by molar-refractivity contribution is 5.79. The van der Waals surface area contributed by atoms with Crippen LogP contribution in [0.2, 0.25) is 0 Å². The highest BCUT2D eigenvalue weighted by Gasteiger charge is 2.14. The summed E-state index contributed by atoms with van der Waals surface area (Å²) in [6.07, 6.45) is 5.29. The Morgan fingerprint density at radius 3 is 2.81 bits per heavy atom. The van der Waals surface area contributed by atoms with E-state index >= 15 is 0 Å². The van der Waals surface area contributed by atoms with Crippen molar-refractivity contribution in [3.05, 3.63) is 34.7 Å². The molecule has 0 spiro atoms. The molecular formula is C17H25NO3. The summed E-state index contributed by atoms with van der Waals surface area (Å²) in [6.45, 7) is 2.11. The zero-order valence-electron chi connectivity index (χ0n) is 13.0. The highest BCUT2D eigenvalue weighted by Crippen LogP contribution is 2.16. The van der Waals surface area contributed by atoms with Gasteiger partial charge >= 0.3 is 0 Å². The number of hydrogen-bond donors (Lipinski definition) is 0. The van der Waals surface area contributed by atoms with Crippen LogP contribution in [-0.2, 0) is 11.2 Å². The van der Waals surface area contributed by atoms with Gasteiger partial charge in [-0.25, -0.2) is 0 Å². The van der Waals surface area contributed by atoms with Gasteiger partial charge in [0.15, 0.2) is 0 Å². The van der Waals surface area contributed by atoms with E-state index in [0.29, 0.717) is 12.8 Å². The molecule has 0 radical (unpaired) electrons. The number of nitroso groups, excluding NO2 is 1. The van der Waals surface area contributed by atoms with Crippen molar-refractivity contribution in [1.29, 1.82) is 0 Å². The monoisotopic (exact) mass is 291 g/mol. The molecule has 21 heavy (non-hydrogen) atoms. The molecule has 4 heteroatoms. The Balaban J connectivity index is 2.36. The van der Waals surface area contributed by atoms with Crippen molar-refractivity contribution < 1.29 is 9.53 Å². The number of Topliss-reactive ketones (excluding diaryl/α,β-unsaturated/α-hetero) is 1. The van der Waals surface area contributed by atoms with Gasteiger partial charge < -0.3 is 4.74 Å². The molecule has 0 saturated carbocycles. The summed E-state index contributed by atoms with van der Waals surface area (Å²) < 4.78 is 5.16. The summed E-state index contributed by atoms with van der Waals surface area (Å²) in [6, 6.07) is 7.36. The molecule has 0 bridgehead atoms. The fourth-order valence-electron chi connectivity index (χ4n) is 2.30. The zero-order valence-corrected chi connectivity index (χ0v) is 13.0. The van der Waals surface area contributed by atoms with Crippen LogP contribution in [0.1, 0.15) is 51.0 Å². The van der Waals surface area contributed by atoms with Crippen LogP contribution in [0.4, 0.5) is 0 Å². The lowest BCUT2D eigenvalue weighted by molar-refractivity contribution is -0.119. The van der Waals surface area contributed by atoms with Crippen molar-refractivity contribution in [2.24, 2.45) is 5.18 Å². The molecule has 0 saturated heterocycles. The lowest BCUT2D eigenvalue weighted by atomic mass is 10.00. The smallest absolute Gasteiger partial charge is 0.135 e. The third kappa shape index (κ3) is 7.02. The maximum atomic E-state index is 11.9. The summed E-state index contributed by atoms with van der Waals surface area (Å²) in [5, 5.41) is 3.09. The van der Waals surface area contributed by atoms with Gasteiger partial charge in [-0.2, -0.15) is 4.91 Å². The fraction of sp³-hybridized carbons (Fsp3) is 0.588. The van der Waals surface area contributed by atoms with Crippen molar-refractivity contribution in [2.75, 3.05) is 7.11 Å². The average Bonchev–Trinajstić information content (AvgIpc) is 2.52. The fourth-order valence-corrected chi connectivity index (χ4v) is 2.30. The van der Waals surface area contributed by atoms with Crippen LogP contribution in [0, 0.1) is 4.91 Å². The van der Waals surface area contributed by atoms with E-state index in [-0.39, 0.29) is 18.2 Å². The Morgan fingerprint density at radius 1 is 1.33 bits per heavy atom. The first kappa shape index (κ1) is 17.3. The van der Waals surface area contributed by atoms with Crippen LogP contribution in [0.25, 0.3) is 0 Å². The minimum Gasteiger partial charge on any atom is -0.497 e. The molecule has 1 aromatic rings. The van der Waals surface area contributed by atoms with Crippen LogP contribution in [0.15, 0.2) is 29.4 Å². The minimum absolute atomic E-state index is 0.110. The standard InChI is InChI=1S/C17H25NO3/c1-3-4-5-8-15(18-20)13-16(19)11-10-14-7-6-9-17(12-14)21-2/h6-7,9,12,15H,3-5,8,10-11,13H2,1-2H3/t15-/m0/s1. The maximum absolute atomic E-state index is 11.9. The molecule has 0 fully saturated rings. The molecule has 0 aliphatic carbocycles. The molecule has 0 aliphatic heterocycles. The van der Waals surface area contributed by atoms with Gasteiger partial charge in [0.1, 0.15) is 11.5 Å². The van der Waals surface area contributed by atoms with E-state index in [1.165, 1.54) is 0 Å².